The molecule has 0 aliphatic heterocycles. The normalized spacial score (nSPS) is 12.4. The summed E-state index contributed by atoms with van der Waals surface area (Å²) >= 11 is 1.73. The van der Waals surface area contributed by atoms with Crippen LogP contribution in [-0.2, 0) is 0 Å². The molecular weight excluding hydrogens is 236 g/mol. The first-order chi connectivity index (χ1) is 8.17. The molecule has 0 aliphatic rings. The summed E-state index contributed by atoms with van der Waals surface area (Å²) in [5, 5.41) is 13.9. The molecule has 0 aromatic heterocycles. The maximum absolute atomic E-state index is 10.5. The van der Waals surface area contributed by atoms with Crippen LogP contribution < -0.4 is 5.32 Å². The van der Waals surface area contributed by atoms with E-state index in [9.17, 15) is 10.1 Å². The summed E-state index contributed by atoms with van der Waals surface area (Å²) in [4.78, 5) is 11.2. The van der Waals surface area contributed by atoms with Crippen LogP contribution in [0.2, 0.25) is 0 Å². The van der Waals surface area contributed by atoms with Gasteiger partial charge in [0.1, 0.15) is 0 Å². The number of rotatable bonds is 7. The van der Waals surface area contributed by atoms with Crippen molar-refractivity contribution >= 4 is 17.4 Å². The summed E-state index contributed by atoms with van der Waals surface area (Å²) in [6, 6.07) is 7.22. The molecule has 1 aromatic carbocycles. The first-order valence-corrected chi connectivity index (χ1v) is 6.76. The first-order valence-electron chi connectivity index (χ1n) is 5.78. The molecule has 0 aliphatic carbocycles. The maximum Gasteiger partial charge on any atom is 0.269 e. The lowest BCUT2D eigenvalue weighted by Crippen LogP contribution is -2.30. The van der Waals surface area contributed by atoms with Gasteiger partial charge in [0.15, 0.2) is 0 Å². The Morgan fingerprint density at radius 3 is 2.47 bits per heavy atom. The third kappa shape index (κ3) is 4.75. The van der Waals surface area contributed by atoms with Crippen LogP contribution >= 0.6 is 11.8 Å². The lowest BCUT2D eigenvalue weighted by molar-refractivity contribution is -0.384. The van der Waals surface area contributed by atoms with Crippen LogP contribution in [0.15, 0.2) is 29.2 Å². The number of hydrogen-bond donors (Lipinski definition) is 1. The molecule has 0 bridgehead atoms. The summed E-state index contributed by atoms with van der Waals surface area (Å²) in [5.74, 6) is 0.988. The zero-order valence-corrected chi connectivity index (χ0v) is 11.0. The van der Waals surface area contributed by atoms with Gasteiger partial charge in [0.2, 0.25) is 0 Å². The number of benzene rings is 1. The number of nitro benzene ring substituents is 1. The summed E-state index contributed by atoms with van der Waals surface area (Å²) in [7, 11) is 0. The fourth-order valence-electron chi connectivity index (χ4n) is 1.47. The molecule has 4 nitrogen and oxygen atoms in total. The zero-order valence-electron chi connectivity index (χ0n) is 10.2. The third-order valence-corrected chi connectivity index (χ3v) is 3.66. The molecule has 1 N–H and O–H groups in total. The highest BCUT2D eigenvalue weighted by Gasteiger charge is 2.07. The Hall–Kier alpha value is -1.07. The van der Waals surface area contributed by atoms with Crippen molar-refractivity contribution in [2.24, 2.45) is 0 Å². The average molecular weight is 254 g/mol. The summed E-state index contributed by atoms with van der Waals surface area (Å²) in [6.07, 6.45) is 1.09. The van der Waals surface area contributed by atoms with E-state index in [1.54, 1.807) is 23.9 Å². The van der Waals surface area contributed by atoms with Crippen LogP contribution in [0.4, 0.5) is 5.69 Å². The standard InChI is InChI=1S/C12H18N2O2S/c1-3-10(13-4-2)9-17-12-7-5-11(6-8-12)14(15)16/h5-8,10,13H,3-4,9H2,1-2H3. The minimum atomic E-state index is -0.373. The van der Waals surface area contributed by atoms with Crippen LogP contribution in [0.1, 0.15) is 20.3 Å². The molecule has 94 valence electrons. The SMILES string of the molecule is CCNC(CC)CSc1ccc([N+](=O)[O-])cc1. The number of hydrogen-bond acceptors (Lipinski definition) is 4. The van der Waals surface area contributed by atoms with Crippen LogP contribution in [0.25, 0.3) is 0 Å². The monoisotopic (exact) mass is 254 g/mol. The van der Waals surface area contributed by atoms with Crippen molar-refractivity contribution < 1.29 is 4.92 Å². The molecule has 0 heterocycles. The van der Waals surface area contributed by atoms with Gasteiger partial charge in [-0.3, -0.25) is 10.1 Å². The van der Waals surface area contributed by atoms with Gasteiger partial charge in [0.05, 0.1) is 4.92 Å². The van der Waals surface area contributed by atoms with Crippen molar-refractivity contribution in [1.29, 1.82) is 0 Å². The van der Waals surface area contributed by atoms with E-state index >= 15 is 0 Å². The topological polar surface area (TPSA) is 55.2 Å². The van der Waals surface area contributed by atoms with Gasteiger partial charge in [-0.15, -0.1) is 11.8 Å². The Labute approximate surface area is 106 Å². The highest BCUT2D eigenvalue weighted by molar-refractivity contribution is 7.99. The van der Waals surface area contributed by atoms with Gasteiger partial charge < -0.3 is 5.32 Å². The minimum absolute atomic E-state index is 0.146. The van der Waals surface area contributed by atoms with Crippen molar-refractivity contribution in [2.75, 3.05) is 12.3 Å². The van der Waals surface area contributed by atoms with Crippen molar-refractivity contribution in [3.05, 3.63) is 34.4 Å². The van der Waals surface area contributed by atoms with Gasteiger partial charge >= 0.3 is 0 Å². The van der Waals surface area contributed by atoms with Crippen LogP contribution in [-0.4, -0.2) is 23.3 Å². The first kappa shape index (κ1) is 14.0. The predicted molar refractivity (Wildman–Crippen MR) is 71.6 cm³/mol. The van der Waals surface area contributed by atoms with Crippen molar-refractivity contribution in [3.63, 3.8) is 0 Å². The van der Waals surface area contributed by atoms with Gasteiger partial charge in [0.25, 0.3) is 5.69 Å². The van der Waals surface area contributed by atoms with E-state index in [4.69, 9.17) is 0 Å². The smallest absolute Gasteiger partial charge is 0.269 e. The Kier molecular flexibility index (Phi) is 6.00. The number of nitrogens with one attached hydrogen (secondary N) is 1. The summed E-state index contributed by atoms with van der Waals surface area (Å²) < 4.78 is 0. The molecule has 0 saturated carbocycles. The molecule has 0 saturated heterocycles. The second-order valence-electron chi connectivity index (χ2n) is 3.72. The highest BCUT2D eigenvalue weighted by Crippen LogP contribution is 2.22. The largest absolute Gasteiger partial charge is 0.313 e. The van der Waals surface area contributed by atoms with Crippen LogP contribution in [0, 0.1) is 10.1 Å². The molecule has 0 fully saturated rings. The van der Waals surface area contributed by atoms with Crippen LogP contribution in [0.3, 0.4) is 0 Å². The van der Waals surface area contributed by atoms with Crippen molar-refractivity contribution in [2.45, 2.75) is 31.2 Å². The predicted octanol–water partition coefficient (Wildman–Crippen LogP) is 3.08. The molecule has 1 unspecified atom stereocenters. The summed E-state index contributed by atoms with van der Waals surface area (Å²) in [6.45, 7) is 5.22. The maximum atomic E-state index is 10.5. The quantitative estimate of drug-likeness (QED) is 0.461. The summed E-state index contributed by atoms with van der Waals surface area (Å²) in [5.41, 5.74) is 0.146. The number of non-ortho nitro benzene ring substituents is 1. The molecule has 5 heteroatoms. The third-order valence-electron chi connectivity index (χ3n) is 2.48. The van der Waals surface area contributed by atoms with Gasteiger partial charge in [-0.25, -0.2) is 0 Å². The molecule has 0 amide bonds. The molecule has 1 aromatic rings. The Bertz CT molecular complexity index is 354. The van der Waals surface area contributed by atoms with E-state index in [-0.39, 0.29) is 10.6 Å². The zero-order chi connectivity index (χ0) is 12.7. The molecule has 1 rings (SSSR count). The molecule has 0 spiro atoms. The Balaban J connectivity index is 2.48. The second kappa shape index (κ2) is 7.29. The van der Waals surface area contributed by atoms with Gasteiger partial charge in [-0.1, -0.05) is 13.8 Å². The number of thioether (sulfide) groups is 1. The molecular formula is C12H18N2O2S. The molecule has 17 heavy (non-hydrogen) atoms. The van der Waals surface area contributed by atoms with Crippen molar-refractivity contribution in [3.8, 4) is 0 Å². The van der Waals surface area contributed by atoms with Gasteiger partial charge in [-0.2, -0.15) is 0 Å². The van der Waals surface area contributed by atoms with E-state index in [2.05, 4.69) is 19.2 Å². The van der Waals surface area contributed by atoms with Crippen LogP contribution in [0.5, 0.6) is 0 Å². The van der Waals surface area contributed by atoms with E-state index in [0.717, 1.165) is 23.6 Å². The van der Waals surface area contributed by atoms with E-state index in [1.807, 2.05) is 12.1 Å². The van der Waals surface area contributed by atoms with Crippen molar-refractivity contribution in [1.82, 2.24) is 5.32 Å². The lowest BCUT2D eigenvalue weighted by atomic mass is 10.2. The molecule has 0 radical (unpaired) electrons. The second-order valence-corrected chi connectivity index (χ2v) is 4.82. The average Bonchev–Trinajstić information content (AvgIpc) is 2.35. The van der Waals surface area contributed by atoms with E-state index in [0.29, 0.717) is 6.04 Å². The van der Waals surface area contributed by atoms with Gasteiger partial charge in [-0.05, 0) is 25.1 Å². The van der Waals surface area contributed by atoms with E-state index < -0.39 is 0 Å². The molecule has 1 atom stereocenters. The Morgan fingerprint density at radius 1 is 1.35 bits per heavy atom. The Morgan fingerprint density at radius 2 is 2.00 bits per heavy atom. The fourth-order valence-corrected chi connectivity index (χ4v) is 2.55. The minimum Gasteiger partial charge on any atom is -0.313 e. The lowest BCUT2D eigenvalue weighted by Gasteiger charge is -2.14. The fraction of sp³-hybridized carbons (Fsp3) is 0.500. The number of nitrogens with zero attached hydrogens (tertiary/aromatic N) is 1. The van der Waals surface area contributed by atoms with Gasteiger partial charge in [0, 0.05) is 28.8 Å². The highest BCUT2D eigenvalue weighted by atomic mass is 32.2. The number of nitro groups is 1. The van der Waals surface area contributed by atoms with E-state index in [1.165, 1.54) is 0 Å².